The Morgan fingerprint density at radius 1 is 1.03 bits per heavy atom. The van der Waals surface area contributed by atoms with E-state index in [9.17, 15) is 13.2 Å². The number of aryl methyl sites for hydroxylation is 2. The molecule has 2 heterocycles. The van der Waals surface area contributed by atoms with Crippen LogP contribution in [-0.2, 0) is 16.6 Å². The van der Waals surface area contributed by atoms with E-state index in [0.717, 1.165) is 48.4 Å². The summed E-state index contributed by atoms with van der Waals surface area (Å²) in [6.45, 7) is 6.43. The summed E-state index contributed by atoms with van der Waals surface area (Å²) >= 11 is 0. The van der Waals surface area contributed by atoms with Gasteiger partial charge in [-0.05, 0) is 92.9 Å². The second kappa shape index (κ2) is 10.5. The fourth-order valence-corrected chi connectivity index (χ4v) is 5.25. The fourth-order valence-electron chi connectivity index (χ4n) is 4.15. The van der Waals surface area contributed by atoms with Gasteiger partial charge >= 0.3 is 0 Å². The highest BCUT2D eigenvalue weighted by atomic mass is 32.2. The van der Waals surface area contributed by atoms with Crippen LogP contribution < -0.4 is 10.0 Å². The zero-order valence-electron chi connectivity index (χ0n) is 19.6. The molecular formula is C26H31N3O4S. The summed E-state index contributed by atoms with van der Waals surface area (Å²) in [5.41, 5.74) is 3.27. The van der Waals surface area contributed by atoms with E-state index in [0.29, 0.717) is 12.1 Å². The molecule has 4 rings (SSSR count). The minimum Gasteiger partial charge on any atom is -0.468 e. The van der Waals surface area contributed by atoms with Crippen molar-refractivity contribution in [3.63, 3.8) is 0 Å². The van der Waals surface area contributed by atoms with Gasteiger partial charge in [0.15, 0.2) is 0 Å². The summed E-state index contributed by atoms with van der Waals surface area (Å²) in [4.78, 5) is 15.3. The van der Waals surface area contributed by atoms with Gasteiger partial charge in [0.05, 0.1) is 17.2 Å². The van der Waals surface area contributed by atoms with Crippen molar-refractivity contribution in [2.45, 2.75) is 44.2 Å². The molecule has 1 amide bonds. The summed E-state index contributed by atoms with van der Waals surface area (Å²) in [5.74, 6) is 0.687. The lowest BCUT2D eigenvalue weighted by molar-refractivity contribution is 0.0933. The van der Waals surface area contributed by atoms with E-state index in [2.05, 4.69) is 14.9 Å². The molecule has 0 saturated carbocycles. The van der Waals surface area contributed by atoms with Crippen LogP contribution in [0, 0.1) is 13.8 Å². The maximum atomic E-state index is 12.7. The first-order valence-corrected chi connectivity index (χ1v) is 13.0. The summed E-state index contributed by atoms with van der Waals surface area (Å²) in [6, 6.07) is 15.9. The molecule has 1 aliphatic rings. The van der Waals surface area contributed by atoms with Crippen molar-refractivity contribution >= 4 is 15.9 Å². The van der Waals surface area contributed by atoms with E-state index in [-0.39, 0.29) is 23.4 Å². The molecule has 7 nitrogen and oxygen atoms in total. The van der Waals surface area contributed by atoms with Gasteiger partial charge in [-0.2, -0.15) is 0 Å². The fraction of sp³-hybridized carbons (Fsp3) is 0.346. The minimum atomic E-state index is -3.61. The Kier molecular flexibility index (Phi) is 7.50. The van der Waals surface area contributed by atoms with Crippen LogP contribution in [0.15, 0.2) is 70.2 Å². The van der Waals surface area contributed by atoms with Crippen LogP contribution in [0.2, 0.25) is 0 Å². The standard InChI is InChI=1S/C26H31N3O4S/c1-19-7-12-23(16-20(19)2)34(31,32)28-17-21-8-10-22(11-9-21)26(30)27-18-24(25-6-5-15-33-25)29-13-3-4-14-29/h5-12,15-16,24,28H,3-4,13-14,17-18H2,1-2H3,(H,27,30)/t24-/m1/s1. The zero-order valence-corrected chi connectivity index (χ0v) is 20.4. The lowest BCUT2D eigenvalue weighted by Gasteiger charge is -2.26. The third-order valence-electron chi connectivity index (χ3n) is 6.38. The van der Waals surface area contributed by atoms with Gasteiger partial charge < -0.3 is 9.73 Å². The number of amides is 1. The highest BCUT2D eigenvalue weighted by Gasteiger charge is 2.26. The molecule has 1 saturated heterocycles. The smallest absolute Gasteiger partial charge is 0.251 e. The number of furan rings is 1. The van der Waals surface area contributed by atoms with E-state index < -0.39 is 10.0 Å². The molecular weight excluding hydrogens is 450 g/mol. The molecule has 0 spiro atoms. The van der Waals surface area contributed by atoms with Gasteiger partial charge in [0.1, 0.15) is 5.76 Å². The molecule has 34 heavy (non-hydrogen) atoms. The molecule has 2 N–H and O–H groups in total. The Hall–Kier alpha value is -2.94. The Morgan fingerprint density at radius 3 is 2.41 bits per heavy atom. The van der Waals surface area contributed by atoms with Crippen LogP contribution in [0.25, 0.3) is 0 Å². The molecule has 1 aliphatic heterocycles. The monoisotopic (exact) mass is 481 g/mol. The topological polar surface area (TPSA) is 91.6 Å². The quantitative estimate of drug-likeness (QED) is 0.483. The number of nitrogens with one attached hydrogen (secondary N) is 2. The summed E-state index contributed by atoms with van der Waals surface area (Å²) < 4.78 is 33.5. The first-order chi connectivity index (χ1) is 16.3. The van der Waals surface area contributed by atoms with Crippen molar-refractivity contribution in [1.82, 2.24) is 14.9 Å². The van der Waals surface area contributed by atoms with Gasteiger partial charge in [-0.3, -0.25) is 9.69 Å². The average molecular weight is 482 g/mol. The van der Waals surface area contributed by atoms with Crippen molar-refractivity contribution in [1.29, 1.82) is 0 Å². The second-order valence-corrected chi connectivity index (χ2v) is 10.5. The van der Waals surface area contributed by atoms with Crippen molar-refractivity contribution in [2.75, 3.05) is 19.6 Å². The number of nitrogens with zero attached hydrogens (tertiary/aromatic N) is 1. The number of benzene rings is 2. The molecule has 180 valence electrons. The molecule has 1 atom stereocenters. The summed E-state index contributed by atoms with van der Waals surface area (Å²) in [6.07, 6.45) is 3.97. The highest BCUT2D eigenvalue weighted by molar-refractivity contribution is 7.89. The molecule has 2 aromatic carbocycles. The van der Waals surface area contributed by atoms with Gasteiger partial charge in [0, 0.05) is 18.7 Å². The predicted octanol–water partition coefficient (Wildman–Crippen LogP) is 3.94. The van der Waals surface area contributed by atoms with Crippen molar-refractivity contribution in [3.8, 4) is 0 Å². The molecule has 0 radical (unpaired) electrons. The third kappa shape index (κ3) is 5.75. The Balaban J connectivity index is 1.34. The first-order valence-electron chi connectivity index (χ1n) is 11.5. The first kappa shape index (κ1) is 24.2. The van der Waals surface area contributed by atoms with Crippen molar-refractivity contribution in [3.05, 3.63) is 88.9 Å². The number of likely N-dealkylation sites (tertiary alicyclic amines) is 1. The van der Waals surface area contributed by atoms with E-state index in [1.807, 2.05) is 26.0 Å². The van der Waals surface area contributed by atoms with Gasteiger partial charge in [-0.1, -0.05) is 18.2 Å². The molecule has 1 aromatic heterocycles. The lowest BCUT2D eigenvalue weighted by atomic mass is 10.1. The third-order valence-corrected chi connectivity index (χ3v) is 7.78. The van der Waals surface area contributed by atoms with E-state index in [1.165, 1.54) is 0 Å². The average Bonchev–Trinajstić information content (AvgIpc) is 3.55. The molecule has 0 unspecified atom stereocenters. The summed E-state index contributed by atoms with van der Waals surface area (Å²) in [5, 5.41) is 3.02. The van der Waals surface area contributed by atoms with Crippen LogP contribution in [0.3, 0.4) is 0 Å². The van der Waals surface area contributed by atoms with Crippen molar-refractivity contribution < 1.29 is 17.6 Å². The SMILES string of the molecule is Cc1ccc(S(=O)(=O)NCc2ccc(C(=O)NC[C@H](c3ccco3)N3CCCC3)cc2)cc1C. The van der Waals surface area contributed by atoms with Crippen LogP contribution in [-0.4, -0.2) is 38.9 Å². The lowest BCUT2D eigenvalue weighted by Crippen LogP contribution is -2.36. The van der Waals surface area contributed by atoms with Crippen LogP contribution in [0.1, 0.15) is 51.7 Å². The van der Waals surface area contributed by atoms with Gasteiger partial charge in [-0.25, -0.2) is 13.1 Å². The van der Waals surface area contributed by atoms with Crippen LogP contribution >= 0.6 is 0 Å². The number of sulfonamides is 1. The number of hydrogen-bond donors (Lipinski definition) is 2. The highest BCUT2D eigenvalue weighted by Crippen LogP contribution is 2.25. The number of carbonyl (C=O) groups is 1. The van der Waals surface area contributed by atoms with Crippen LogP contribution in [0.5, 0.6) is 0 Å². The molecule has 8 heteroatoms. The maximum absolute atomic E-state index is 12.7. The number of carbonyl (C=O) groups excluding carboxylic acids is 1. The Bertz CT molecular complexity index is 1220. The molecule has 0 bridgehead atoms. The second-order valence-electron chi connectivity index (χ2n) is 8.75. The van der Waals surface area contributed by atoms with Gasteiger partial charge in [-0.15, -0.1) is 0 Å². The largest absolute Gasteiger partial charge is 0.468 e. The summed E-state index contributed by atoms with van der Waals surface area (Å²) in [7, 11) is -3.61. The predicted molar refractivity (Wildman–Crippen MR) is 131 cm³/mol. The molecule has 0 aliphatic carbocycles. The number of rotatable bonds is 9. The van der Waals surface area contributed by atoms with Crippen LogP contribution in [0.4, 0.5) is 0 Å². The zero-order chi connectivity index (χ0) is 24.1. The molecule has 3 aromatic rings. The van der Waals surface area contributed by atoms with Crippen molar-refractivity contribution in [2.24, 2.45) is 0 Å². The van der Waals surface area contributed by atoms with Gasteiger partial charge in [0.25, 0.3) is 5.91 Å². The number of hydrogen-bond acceptors (Lipinski definition) is 5. The Morgan fingerprint density at radius 2 is 1.76 bits per heavy atom. The molecule has 1 fully saturated rings. The normalized spacial score (nSPS) is 15.4. The van der Waals surface area contributed by atoms with E-state index in [1.54, 1.807) is 48.7 Å². The van der Waals surface area contributed by atoms with E-state index in [4.69, 9.17) is 4.42 Å². The Labute approximate surface area is 201 Å². The minimum absolute atomic E-state index is 0.0144. The maximum Gasteiger partial charge on any atom is 0.251 e. The van der Waals surface area contributed by atoms with Gasteiger partial charge in [0.2, 0.25) is 10.0 Å². The van der Waals surface area contributed by atoms with E-state index >= 15 is 0 Å².